The van der Waals surface area contributed by atoms with Crippen molar-refractivity contribution < 1.29 is 0 Å². The van der Waals surface area contributed by atoms with Crippen LogP contribution in [-0.4, -0.2) is 5.33 Å². The number of hydrogen-bond donors (Lipinski definition) is 0. The van der Waals surface area contributed by atoms with Crippen molar-refractivity contribution in [2.24, 2.45) is 0 Å². The van der Waals surface area contributed by atoms with E-state index in [0.29, 0.717) is 0 Å². The zero-order valence-electron chi connectivity index (χ0n) is 9.49. The van der Waals surface area contributed by atoms with E-state index in [1.54, 1.807) is 0 Å². The molecule has 0 amide bonds. The second-order valence-corrected chi connectivity index (χ2v) is 5.03. The van der Waals surface area contributed by atoms with Crippen LogP contribution in [0, 0.1) is 0 Å². The highest BCUT2D eigenvalue weighted by molar-refractivity contribution is 9.09. The van der Waals surface area contributed by atoms with Gasteiger partial charge in [0.1, 0.15) is 0 Å². The summed E-state index contributed by atoms with van der Waals surface area (Å²) in [4.78, 5) is 0. The van der Waals surface area contributed by atoms with Crippen molar-refractivity contribution in [2.75, 3.05) is 5.33 Å². The molecule has 0 atom stereocenters. The van der Waals surface area contributed by atoms with E-state index < -0.39 is 0 Å². The molecule has 0 aliphatic carbocycles. The summed E-state index contributed by atoms with van der Waals surface area (Å²) in [6, 6.07) is 19.6. The van der Waals surface area contributed by atoms with Crippen molar-refractivity contribution in [3.05, 3.63) is 60.2 Å². The summed E-state index contributed by atoms with van der Waals surface area (Å²) in [5.41, 5.74) is 1.42. The lowest BCUT2D eigenvalue weighted by atomic mass is 9.97. The number of halogens is 1. The highest BCUT2D eigenvalue weighted by atomic mass is 79.9. The van der Waals surface area contributed by atoms with Crippen molar-refractivity contribution in [1.82, 2.24) is 0 Å². The predicted octanol–water partition coefficient (Wildman–Crippen LogP) is 4.93. The van der Waals surface area contributed by atoms with Gasteiger partial charge in [-0.3, -0.25) is 0 Å². The van der Waals surface area contributed by atoms with Crippen LogP contribution in [0.2, 0.25) is 0 Å². The summed E-state index contributed by atoms with van der Waals surface area (Å²) in [6.07, 6.45) is 1.08. The van der Waals surface area contributed by atoms with Crippen LogP contribution in [0.4, 0.5) is 0 Å². The van der Waals surface area contributed by atoms with Crippen LogP contribution in [0.15, 0.2) is 54.6 Å². The second kappa shape index (κ2) is 4.50. The van der Waals surface area contributed by atoms with Gasteiger partial charge in [-0.15, -0.1) is 0 Å². The third-order valence-electron chi connectivity index (χ3n) is 3.24. The van der Waals surface area contributed by atoms with Gasteiger partial charge in [0, 0.05) is 5.33 Å². The molecular weight excluding hydrogens is 272 g/mol. The molecule has 3 aromatic carbocycles. The number of benzene rings is 3. The van der Waals surface area contributed by atoms with Gasteiger partial charge in [-0.2, -0.15) is 0 Å². The van der Waals surface area contributed by atoms with Gasteiger partial charge in [-0.05, 0) is 33.5 Å². The summed E-state index contributed by atoms with van der Waals surface area (Å²) in [7, 11) is 0. The Bertz CT molecular complexity index is 670. The van der Waals surface area contributed by atoms with Gasteiger partial charge >= 0.3 is 0 Å². The van der Waals surface area contributed by atoms with Crippen molar-refractivity contribution >= 4 is 37.5 Å². The fraction of sp³-hybridized carbons (Fsp3) is 0.125. The predicted molar refractivity (Wildman–Crippen MR) is 79.0 cm³/mol. The molecule has 17 heavy (non-hydrogen) atoms. The van der Waals surface area contributed by atoms with Crippen LogP contribution in [0.25, 0.3) is 21.5 Å². The van der Waals surface area contributed by atoms with E-state index in [1.165, 1.54) is 27.1 Å². The third-order valence-corrected chi connectivity index (χ3v) is 3.64. The van der Waals surface area contributed by atoms with Gasteiger partial charge in [0.2, 0.25) is 0 Å². The van der Waals surface area contributed by atoms with Crippen LogP contribution < -0.4 is 0 Å². The molecule has 1 heteroatoms. The van der Waals surface area contributed by atoms with Gasteiger partial charge in [-0.25, -0.2) is 0 Å². The number of alkyl halides is 1. The lowest BCUT2D eigenvalue weighted by Crippen LogP contribution is -1.88. The first-order valence-electron chi connectivity index (χ1n) is 5.85. The first-order chi connectivity index (χ1) is 8.40. The summed E-state index contributed by atoms with van der Waals surface area (Å²) in [5, 5.41) is 6.42. The van der Waals surface area contributed by atoms with E-state index >= 15 is 0 Å². The normalized spacial score (nSPS) is 11.1. The van der Waals surface area contributed by atoms with Crippen LogP contribution in [0.5, 0.6) is 0 Å². The molecule has 0 N–H and O–H groups in total. The second-order valence-electron chi connectivity index (χ2n) is 4.24. The van der Waals surface area contributed by atoms with Crippen LogP contribution in [-0.2, 0) is 6.42 Å². The Balaban J connectivity index is 2.40. The molecule has 84 valence electrons. The zero-order valence-corrected chi connectivity index (χ0v) is 11.1. The molecule has 0 fully saturated rings. The van der Waals surface area contributed by atoms with Crippen molar-refractivity contribution in [1.29, 1.82) is 0 Å². The average molecular weight is 285 g/mol. The maximum atomic E-state index is 3.52. The Hall–Kier alpha value is -1.34. The van der Waals surface area contributed by atoms with Gasteiger partial charge in [-0.1, -0.05) is 70.5 Å². The molecule has 0 bridgehead atoms. The molecule has 3 aromatic rings. The smallest absolute Gasteiger partial charge is 0.00720 e. The number of fused-ring (bicyclic) bond motifs is 3. The van der Waals surface area contributed by atoms with Gasteiger partial charge < -0.3 is 0 Å². The van der Waals surface area contributed by atoms with Gasteiger partial charge in [0.15, 0.2) is 0 Å². The molecule has 3 rings (SSSR count). The molecule has 0 heterocycles. The highest BCUT2D eigenvalue weighted by Crippen LogP contribution is 2.27. The standard InChI is InChI=1S/C16H13Br/c17-11-10-13-5-3-7-16-14-6-2-1-4-12(14)8-9-15(13)16/h1-9H,10-11H2. The van der Waals surface area contributed by atoms with E-state index in [1.807, 2.05) is 0 Å². The fourth-order valence-electron chi connectivity index (χ4n) is 2.43. The Labute approximate surface area is 109 Å². The van der Waals surface area contributed by atoms with Gasteiger partial charge in [0.05, 0.1) is 0 Å². The van der Waals surface area contributed by atoms with E-state index in [9.17, 15) is 0 Å². The molecule has 0 radical (unpaired) electrons. The summed E-state index contributed by atoms with van der Waals surface area (Å²) >= 11 is 3.52. The quantitative estimate of drug-likeness (QED) is 0.462. The van der Waals surface area contributed by atoms with E-state index in [0.717, 1.165) is 11.8 Å². The van der Waals surface area contributed by atoms with Gasteiger partial charge in [0.25, 0.3) is 0 Å². The maximum Gasteiger partial charge on any atom is 0.00720 e. The minimum Gasteiger partial charge on any atom is -0.0924 e. The van der Waals surface area contributed by atoms with Crippen LogP contribution >= 0.6 is 15.9 Å². The molecule has 0 saturated carbocycles. The number of rotatable bonds is 2. The molecule has 0 nitrogen and oxygen atoms in total. The first kappa shape index (κ1) is 10.8. The monoisotopic (exact) mass is 284 g/mol. The minimum atomic E-state index is 1.01. The lowest BCUT2D eigenvalue weighted by molar-refractivity contribution is 1.19. The van der Waals surface area contributed by atoms with Crippen molar-refractivity contribution in [2.45, 2.75) is 6.42 Å². The average Bonchev–Trinajstić information content (AvgIpc) is 2.39. The van der Waals surface area contributed by atoms with Crippen molar-refractivity contribution in [3.63, 3.8) is 0 Å². The lowest BCUT2D eigenvalue weighted by Gasteiger charge is -2.08. The van der Waals surface area contributed by atoms with E-state index in [-0.39, 0.29) is 0 Å². The van der Waals surface area contributed by atoms with Crippen molar-refractivity contribution in [3.8, 4) is 0 Å². The third kappa shape index (κ3) is 1.85. The topological polar surface area (TPSA) is 0 Å². The Morgan fingerprint density at radius 3 is 2.41 bits per heavy atom. The maximum absolute atomic E-state index is 3.52. The molecule has 0 aliphatic heterocycles. The Morgan fingerprint density at radius 2 is 1.53 bits per heavy atom. The molecule has 0 spiro atoms. The molecule has 0 aliphatic rings. The first-order valence-corrected chi connectivity index (χ1v) is 6.97. The molecule has 0 unspecified atom stereocenters. The van der Waals surface area contributed by atoms with E-state index in [2.05, 4.69) is 70.5 Å². The summed E-state index contributed by atoms with van der Waals surface area (Å²) in [6.45, 7) is 0. The number of hydrogen-bond acceptors (Lipinski definition) is 0. The number of aryl methyl sites for hydroxylation is 1. The van der Waals surface area contributed by atoms with Crippen LogP contribution in [0.1, 0.15) is 5.56 Å². The Kier molecular flexibility index (Phi) is 2.86. The zero-order chi connectivity index (χ0) is 11.7. The fourth-order valence-corrected chi connectivity index (χ4v) is 2.85. The summed E-state index contributed by atoms with van der Waals surface area (Å²) < 4.78 is 0. The molecule has 0 saturated heterocycles. The Morgan fingerprint density at radius 1 is 0.706 bits per heavy atom. The molecular formula is C16H13Br. The summed E-state index contributed by atoms with van der Waals surface area (Å²) in [5.74, 6) is 0. The SMILES string of the molecule is BrCCc1cccc2c1ccc1ccccc12. The molecule has 0 aromatic heterocycles. The highest BCUT2D eigenvalue weighted by Gasteiger charge is 2.03. The van der Waals surface area contributed by atoms with E-state index in [4.69, 9.17) is 0 Å². The minimum absolute atomic E-state index is 1.01. The van der Waals surface area contributed by atoms with Crippen LogP contribution in [0.3, 0.4) is 0 Å². The largest absolute Gasteiger partial charge is 0.0924 e.